The third-order valence-corrected chi connectivity index (χ3v) is 2.63. The van der Waals surface area contributed by atoms with Gasteiger partial charge in [0, 0.05) is 24.4 Å². The highest BCUT2D eigenvalue weighted by Crippen LogP contribution is 2.25. The topological polar surface area (TPSA) is 87.0 Å². The number of rotatable bonds is 2. The number of non-ortho nitro benzene ring substituents is 1. The van der Waals surface area contributed by atoms with Crippen molar-refractivity contribution < 1.29 is 4.92 Å². The highest BCUT2D eigenvalue weighted by Gasteiger charge is 2.10. The van der Waals surface area contributed by atoms with E-state index in [1.54, 1.807) is 23.0 Å². The van der Waals surface area contributed by atoms with Crippen LogP contribution >= 0.6 is 15.9 Å². The lowest BCUT2D eigenvalue weighted by atomic mass is 10.3. The second-order valence-electron chi connectivity index (χ2n) is 3.08. The molecule has 16 heavy (non-hydrogen) atoms. The van der Waals surface area contributed by atoms with Gasteiger partial charge < -0.3 is 5.73 Å². The van der Waals surface area contributed by atoms with Crippen molar-refractivity contribution in [3.05, 3.63) is 45.0 Å². The van der Waals surface area contributed by atoms with Crippen LogP contribution in [-0.2, 0) is 0 Å². The lowest BCUT2D eigenvalue weighted by Crippen LogP contribution is -1.98. The van der Waals surface area contributed by atoms with Gasteiger partial charge in [-0.05, 0) is 22.0 Å². The van der Waals surface area contributed by atoms with Crippen LogP contribution in [0.5, 0.6) is 0 Å². The zero-order valence-corrected chi connectivity index (χ0v) is 9.59. The molecule has 0 aliphatic rings. The number of aromatic nitrogens is 2. The Bertz CT molecular complexity index is 552. The van der Waals surface area contributed by atoms with E-state index in [1.165, 1.54) is 12.1 Å². The van der Waals surface area contributed by atoms with Crippen molar-refractivity contribution in [3.8, 4) is 5.69 Å². The Hall–Kier alpha value is -1.89. The number of nitro benzene ring substituents is 1. The normalized spacial score (nSPS) is 10.3. The fourth-order valence-corrected chi connectivity index (χ4v) is 1.82. The van der Waals surface area contributed by atoms with Crippen LogP contribution in [0.1, 0.15) is 0 Å². The smallest absolute Gasteiger partial charge is 0.270 e. The quantitative estimate of drug-likeness (QED) is 0.675. The molecule has 0 radical (unpaired) electrons. The lowest BCUT2D eigenvalue weighted by Gasteiger charge is -2.03. The maximum absolute atomic E-state index is 10.5. The molecular formula is C9H7BrN4O2. The van der Waals surface area contributed by atoms with Crippen LogP contribution in [0.15, 0.2) is 34.9 Å². The standard InChI is InChI=1S/C9H7BrN4O2/c10-7-5-6(14(15)16)1-2-8(7)13-4-3-9(11)12-13/h1-5H,(H2,11,12). The number of hydrogen-bond donors (Lipinski definition) is 1. The summed E-state index contributed by atoms with van der Waals surface area (Å²) in [5.74, 6) is 0.394. The maximum atomic E-state index is 10.5. The van der Waals surface area contributed by atoms with E-state index >= 15 is 0 Å². The highest BCUT2D eigenvalue weighted by molar-refractivity contribution is 9.10. The van der Waals surface area contributed by atoms with Gasteiger partial charge in [0.1, 0.15) is 5.82 Å². The van der Waals surface area contributed by atoms with E-state index < -0.39 is 4.92 Å². The van der Waals surface area contributed by atoms with Gasteiger partial charge in [0.15, 0.2) is 0 Å². The maximum Gasteiger partial charge on any atom is 0.270 e. The van der Waals surface area contributed by atoms with Gasteiger partial charge in [-0.2, -0.15) is 5.10 Å². The number of hydrogen-bond acceptors (Lipinski definition) is 4. The molecule has 0 atom stereocenters. The fourth-order valence-electron chi connectivity index (χ4n) is 1.27. The molecule has 6 nitrogen and oxygen atoms in total. The van der Waals surface area contributed by atoms with Crippen LogP contribution in [-0.4, -0.2) is 14.7 Å². The summed E-state index contributed by atoms with van der Waals surface area (Å²) in [6, 6.07) is 6.09. The summed E-state index contributed by atoms with van der Waals surface area (Å²) < 4.78 is 2.13. The molecule has 0 fully saturated rings. The number of benzene rings is 1. The largest absolute Gasteiger partial charge is 0.382 e. The van der Waals surface area contributed by atoms with Crippen molar-refractivity contribution in [1.29, 1.82) is 0 Å². The summed E-state index contributed by atoms with van der Waals surface area (Å²) in [7, 11) is 0. The minimum Gasteiger partial charge on any atom is -0.382 e. The van der Waals surface area contributed by atoms with Crippen molar-refractivity contribution in [2.45, 2.75) is 0 Å². The second kappa shape index (κ2) is 3.93. The average Bonchev–Trinajstić information content (AvgIpc) is 2.64. The summed E-state index contributed by atoms with van der Waals surface area (Å²) in [6.07, 6.45) is 1.68. The molecule has 0 saturated carbocycles. The van der Waals surface area contributed by atoms with Gasteiger partial charge in [0.05, 0.1) is 15.1 Å². The Balaban J connectivity index is 2.47. The van der Waals surface area contributed by atoms with E-state index in [1.807, 2.05) is 0 Å². The first-order valence-corrected chi connectivity index (χ1v) is 5.12. The number of nitrogen functional groups attached to an aromatic ring is 1. The van der Waals surface area contributed by atoms with E-state index in [4.69, 9.17) is 5.73 Å². The molecule has 0 amide bonds. The van der Waals surface area contributed by atoms with Gasteiger partial charge in [-0.15, -0.1) is 0 Å². The van der Waals surface area contributed by atoms with Gasteiger partial charge in [-0.3, -0.25) is 10.1 Å². The Labute approximate surface area is 99.0 Å². The van der Waals surface area contributed by atoms with Crippen LogP contribution in [0.25, 0.3) is 5.69 Å². The number of anilines is 1. The van der Waals surface area contributed by atoms with Gasteiger partial charge in [0.2, 0.25) is 0 Å². The van der Waals surface area contributed by atoms with Gasteiger partial charge >= 0.3 is 0 Å². The average molecular weight is 283 g/mol. The highest BCUT2D eigenvalue weighted by atomic mass is 79.9. The van der Waals surface area contributed by atoms with Crippen molar-refractivity contribution in [2.24, 2.45) is 0 Å². The molecule has 0 aliphatic carbocycles. The Morgan fingerprint density at radius 3 is 2.69 bits per heavy atom. The zero-order valence-electron chi connectivity index (χ0n) is 8.00. The molecule has 7 heteroatoms. The third kappa shape index (κ3) is 1.89. The number of nitrogens with zero attached hydrogens (tertiary/aromatic N) is 3. The van der Waals surface area contributed by atoms with E-state index in [-0.39, 0.29) is 5.69 Å². The monoisotopic (exact) mass is 282 g/mol. The van der Waals surface area contributed by atoms with Crippen molar-refractivity contribution in [1.82, 2.24) is 9.78 Å². The second-order valence-corrected chi connectivity index (χ2v) is 3.93. The Morgan fingerprint density at radius 2 is 2.19 bits per heavy atom. The molecule has 2 aromatic rings. The third-order valence-electron chi connectivity index (χ3n) is 2.00. The molecule has 2 rings (SSSR count). The molecule has 82 valence electrons. The van der Waals surface area contributed by atoms with Gasteiger partial charge in [-0.25, -0.2) is 4.68 Å². The fraction of sp³-hybridized carbons (Fsp3) is 0. The minimum atomic E-state index is -0.452. The van der Waals surface area contributed by atoms with E-state index in [2.05, 4.69) is 21.0 Å². The van der Waals surface area contributed by atoms with E-state index in [0.29, 0.717) is 16.0 Å². The number of halogens is 1. The summed E-state index contributed by atoms with van der Waals surface area (Å²) in [5, 5.41) is 14.6. The van der Waals surface area contributed by atoms with Gasteiger partial charge in [-0.1, -0.05) is 0 Å². The molecule has 0 spiro atoms. The van der Waals surface area contributed by atoms with Crippen molar-refractivity contribution in [3.63, 3.8) is 0 Å². The molecule has 0 unspecified atom stereocenters. The van der Waals surface area contributed by atoms with Crippen LogP contribution in [0.3, 0.4) is 0 Å². The van der Waals surface area contributed by atoms with Crippen LogP contribution < -0.4 is 5.73 Å². The Kier molecular flexibility index (Phi) is 2.61. The van der Waals surface area contributed by atoms with Crippen LogP contribution in [0.4, 0.5) is 11.5 Å². The van der Waals surface area contributed by atoms with Crippen LogP contribution in [0.2, 0.25) is 0 Å². The molecule has 1 heterocycles. The zero-order chi connectivity index (χ0) is 11.7. The molecular weight excluding hydrogens is 276 g/mol. The first-order valence-electron chi connectivity index (χ1n) is 4.33. The van der Waals surface area contributed by atoms with Crippen molar-refractivity contribution in [2.75, 3.05) is 5.73 Å². The number of nitrogens with two attached hydrogens (primary N) is 1. The molecule has 0 saturated heterocycles. The van der Waals surface area contributed by atoms with E-state index in [9.17, 15) is 10.1 Å². The predicted octanol–water partition coefficient (Wildman–Crippen LogP) is 2.13. The molecule has 1 aromatic carbocycles. The van der Waals surface area contributed by atoms with Crippen LogP contribution in [0, 0.1) is 10.1 Å². The summed E-state index contributed by atoms with van der Waals surface area (Å²) in [6.45, 7) is 0. The number of nitro groups is 1. The summed E-state index contributed by atoms with van der Waals surface area (Å²) in [4.78, 5) is 10.1. The predicted molar refractivity (Wildman–Crippen MR) is 62.3 cm³/mol. The molecule has 0 bridgehead atoms. The molecule has 1 aromatic heterocycles. The lowest BCUT2D eigenvalue weighted by molar-refractivity contribution is -0.384. The van der Waals surface area contributed by atoms with Gasteiger partial charge in [0.25, 0.3) is 5.69 Å². The van der Waals surface area contributed by atoms with E-state index in [0.717, 1.165) is 0 Å². The molecule has 0 aliphatic heterocycles. The minimum absolute atomic E-state index is 0.0238. The first-order chi connectivity index (χ1) is 7.58. The van der Waals surface area contributed by atoms with Crippen molar-refractivity contribution >= 4 is 27.4 Å². The molecule has 2 N–H and O–H groups in total. The Morgan fingerprint density at radius 1 is 1.44 bits per heavy atom. The summed E-state index contributed by atoms with van der Waals surface area (Å²) in [5.41, 5.74) is 6.21. The summed E-state index contributed by atoms with van der Waals surface area (Å²) >= 11 is 3.26. The SMILES string of the molecule is Nc1ccn(-c2ccc([N+](=O)[O-])cc2Br)n1. The first kappa shape index (κ1) is 10.6.